The second-order valence-corrected chi connectivity index (χ2v) is 6.81. The molecule has 0 saturated carbocycles. The van der Waals surface area contributed by atoms with Crippen LogP contribution in [0, 0.1) is 4.77 Å². The summed E-state index contributed by atoms with van der Waals surface area (Å²) in [6.07, 6.45) is 0. The molecule has 25 heavy (non-hydrogen) atoms. The van der Waals surface area contributed by atoms with Crippen LogP contribution in [0.3, 0.4) is 0 Å². The van der Waals surface area contributed by atoms with E-state index in [1.54, 1.807) is 6.07 Å². The molecule has 0 bridgehead atoms. The third-order valence-electron chi connectivity index (χ3n) is 4.05. The Hall–Kier alpha value is -2.21. The van der Waals surface area contributed by atoms with Gasteiger partial charge in [0.1, 0.15) is 0 Å². The van der Waals surface area contributed by atoms with Gasteiger partial charge in [-0.25, -0.2) is 4.98 Å². The van der Waals surface area contributed by atoms with Gasteiger partial charge in [0.15, 0.2) is 10.6 Å². The van der Waals surface area contributed by atoms with E-state index in [0.717, 1.165) is 33.5 Å². The van der Waals surface area contributed by atoms with E-state index in [9.17, 15) is 0 Å². The van der Waals surface area contributed by atoms with Crippen molar-refractivity contribution in [2.24, 2.45) is 7.05 Å². The first-order chi connectivity index (χ1) is 12.0. The molecule has 0 unspecified atom stereocenters. The monoisotopic (exact) mass is 386 g/mol. The summed E-state index contributed by atoms with van der Waals surface area (Å²) in [6, 6.07) is 15.4. The normalized spacial score (nSPS) is 11.2. The standard InChI is InChI=1S/C18H12Cl2N4S/c1-24-17(22-23-18(24)25)12-9-16(10-6-7-13(19)14(20)8-10)21-15-5-3-2-4-11(12)15/h2-9H,1H3,(H,23,25). The molecule has 4 aromatic rings. The molecule has 0 fully saturated rings. The van der Waals surface area contributed by atoms with Gasteiger partial charge in [-0.3, -0.25) is 5.10 Å². The summed E-state index contributed by atoms with van der Waals surface area (Å²) in [7, 11) is 1.88. The van der Waals surface area contributed by atoms with Crippen molar-refractivity contribution >= 4 is 46.3 Å². The molecule has 2 heterocycles. The van der Waals surface area contributed by atoms with Crippen LogP contribution in [0.1, 0.15) is 0 Å². The summed E-state index contributed by atoms with van der Waals surface area (Å²) < 4.78 is 2.41. The molecule has 7 heteroatoms. The topological polar surface area (TPSA) is 46.5 Å². The van der Waals surface area contributed by atoms with Crippen LogP contribution in [-0.4, -0.2) is 19.7 Å². The lowest BCUT2D eigenvalue weighted by Crippen LogP contribution is -1.96. The Morgan fingerprint density at radius 1 is 1.04 bits per heavy atom. The summed E-state index contributed by atoms with van der Waals surface area (Å²) in [5.74, 6) is 0.755. The first kappa shape index (κ1) is 16.3. The number of fused-ring (bicyclic) bond motifs is 1. The van der Waals surface area contributed by atoms with E-state index in [4.69, 9.17) is 40.4 Å². The summed E-state index contributed by atoms with van der Waals surface area (Å²) in [5.41, 5.74) is 3.50. The summed E-state index contributed by atoms with van der Waals surface area (Å²) >= 11 is 17.5. The number of nitrogens with zero attached hydrogens (tertiary/aromatic N) is 3. The predicted octanol–water partition coefficient (Wildman–Crippen LogP) is 5.67. The number of H-pyrrole nitrogens is 1. The van der Waals surface area contributed by atoms with Gasteiger partial charge in [-0.2, -0.15) is 5.10 Å². The van der Waals surface area contributed by atoms with E-state index < -0.39 is 0 Å². The van der Waals surface area contributed by atoms with Crippen LogP contribution >= 0.6 is 35.4 Å². The van der Waals surface area contributed by atoms with Gasteiger partial charge in [-0.1, -0.05) is 47.5 Å². The molecule has 4 rings (SSSR count). The minimum absolute atomic E-state index is 0.494. The van der Waals surface area contributed by atoms with Crippen molar-refractivity contribution in [1.29, 1.82) is 0 Å². The van der Waals surface area contributed by atoms with E-state index in [-0.39, 0.29) is 0 Å². The zero-order chi connectivity index (χ0) is 17.6. The van der Waals surface area contributed by atoms with Gasteiger partial charge in [-0.15, -0.1) is 0 Å². The van der Waals surface area contributed by atoms with Crippen LogP contribution in [0.2, 0.25) is 10.0 Å². The maximum absolute atomic E-state index is 6.17. The van der Waals surface area contributed by atoms with Gasteiger partial charge in [0.25, 0.3) is 0 Å². The van der Waals surface area contributed by atoms with Crippen LogP contribution < -0.4 is 0 Å². The zero-order valence-corrected chi connectivity index (χ0v) is 15.5. The molecule has 124 valence electrons. The fourth-order valence-electron chi connectivity index (χ4n) is 2.75. The largest absolute Gasteiger partial charge is 0.303 e. The predicted molar refractivity (Wildman–Crippen MR) is 105 cm³/mol. The number of rotatable bonds is 2. The van der Waals surface area contributed by atoms with Crippen LogP contribution in [0.15, 0.2) is 48.5 Å². The average molecular weight is 387 g/mol. The molecular formula is C18H12Cl2N4S. The quantitative estimate of drug-likeness (QED) is 0.451. The van der Waals surface area contributed by atoms with Crippen molar-refractivity contribution in [2.75, 3.05) is 0 Å². The molecule has 4 nitrogen and oxygen atoms in total. The van der Waals surface area contributed by atoms with E-state index in [1.807, 2.05) is 54.1 Å². The Labute approximate surface area is 159 Å². The second kappa shape index (κ2) is 6.26. The van der Waals surface area contributed by atoms with Gasteiger partial charge < -0.3 is 4.57 Å². The third-order valence-corrected chi connectivity index (χ3v) is 5.16. The Morgan fingerprint density at radius 3 is 2.56 bits per heavy atom. The number of hydrogen-bond acceptors (Lipinski definition) is 3. The molecule has 0 aliphatic heterocycles. The highest BCUT2D eigenvalue weighted by Gasteiger charge is 2.14. The number of nitrogens with one attached hydrogen (secondary N) is 1. The number of aromatic amines is 1. The maximum atomic E-state index is 6.17. The molecular weight excluding hydrogens is 375 g/mol. The molecule has 0 aliphatic carbocycles. The second-order valence-electron chi connectivity index (χ2n) is 5.61. The molecule has 0 spiro atoms. The number of hydrogen-bond donors (Lipinski definition) is 1. The zero-order valence-electron chi connectivity index (χ0n) is 13.1. The molecule has 0 atom stereocenters. The van der Waals surface area contributed by atoms with Crippen molar-refractivity contribution in [3.05, 3.63) is 63.3 Å². The minimum Gasteiger partial charge on any atom is -0.303 e. The van der Waals surface area contributed by atoms with Crippen LogP contribution in [0.4, 0.5) is 0 Å². The van der Waals surface area contributed by atoms with Crippen molar-refractivity contribution in [1.82, 2.24) is 19.7 Å². The first-order valence-electron chi connectivity index (χ1n) is 7.51. The number of para-hydroxylation sites is 1. The summed E-state index contributed by atoms with van der Waals surface area (Å²) in [6.45, 7) is 0. The van der Waals surface area contributed by atoms with E-state index in [0.29, 0.717) is 14.8 Å². The summed E-state index contributed by atoms with van der Waals surface area (Å²) in [4.78, 5) is 4.76. The number of pyridine rings is 1. The smallest absolute Gasteiger partial charge is 0.195 e. The lowest BCUT2D eigenvalue weighted by Gasteiger charge is -2.10. The Kier molecular flexibility index (Phi) is 4.07. The average Bonchev–Trinajstić information content (AvgIpc) is 2.95. The molecule has 2 aromatic carbocycles. The van der Waals surface area contributed by atoms with E-state index in [2.05, 4.69) is 10.2 Å². The Bertz CT molecular complexity index is 1160. The van der Waals surface area contributed by atoms with Crippen LogP contribution in [0.25, 0.3) is 33.5 Å². The molecule has 0 saturated heterocycles. The Morgan fingerprint density at radius 2 is 1.84 bits per heavy atom. The maximum Gasteiger partial charge on any atom is 0.195 e. The lowest BCUT2D eigenvalue weighted by molar-refractivity contribution is 0.902. The highest BCUT2D eigenvalue weighted by Crippen LogP contribution is 2.33. The van der Waals surface area contributed by atoms with Gasteiger partial charge >= 0.3 is 0 Å². The van der Waals surface area contributed by atoms with Crippen LogP contribution in [0.5, 0.6) is 0 Å². The van der Waals surface area contributed by atoms with Gasteiger partial charge in [-0.05, 0) is 36.5 Å². The molecule has 0 radical (unpaired) electrons. The lowest BCUT2D eigenvalue weighted by atomic mass is 10.0. The van der Waals surface area contributed by atoms with Gasteiger partial charge in [0.2, 0.25) is 0 Å². The molecule has 0 aliphatic rings. The SMILES string of the molecule is Cn1c(-c2cc(-c3ccc(Cl)c(Cl)c3)nc3ccccc23)n[nH]c1=S. The van der Waals surface area contributed by atoms with Gasteiger partial charge in [0.05, 0.1) is 21.3 Å². The van der Waals surface area contributed by atoms with E-state index >= 15 is 0 Å². The van der Waals surface area contributed by atoms with Gasteiger partial charge in [0, 0.05) is 23.6 Å². The number of benzene rings is 2. The highest BCUT2D eigenvalue weighted by atomic mass is 35.5. The number of halogens is 2. The van der Waals surface area contributed by atoms with Crippen molar-refractivity contribution in [2.45, 2.75) is 0 Å². The highest BCUT2D eigenvalue weighted by molar-refractivity contribution is 7.71. The molecule has 1 N–H and O–H groups in total. The minimum atomic E-state index is 0.494. The molecule has 2 aromatic heterocycles. The van der Waals surface area contributed by atoms with Crippen LogP contribution in [-0.2, 0) is 7.05 Å². The summed E-state index contributed by atoms with van der Waals surface area (Å²) in [5, 5.41) is 9.22. The Balaban J connectivity index is 2.03. The number of aromatic nitrogens is 4. The first-order valence-corrected chi connectivity index (χ1v) is 8.68. The third kappa shape index (κ3) is 2.84. The fourth-order valence-corrected chi connectivity index (χ4v) is 3.18. The van der Waals surface area contributed by atoms with E-state index in [1.165, 1.54) is 0 Å². The molecule has 0 amide bonds. The van der Waals surface area contributed by atoms with Crippen molar-refractivity contribution < 1.29 is 0 Å². The van der Waals surface area contributed by atoms with Crippen molar-refractivity contribution in [3.8, 4) is 22.6 Å². The fraction of sp³-hybridized carbons (Fsp3) is 0.0556. The van der Waals surface area contributed by atoms with Crippen molar-refractivity contribution in [3.63, 3.8) is 0 Å².